The maximum Gasteiger partial charge on any atom is 0.230 e. The first kappa shape index (κ1) is 19.0. The van der Waals surface area contributed by atoms with Crippen molar-refractivity contribution >= 4 is 17.7 Å². The first-order valence-electron chi connectivity index (χ1n) is 8.17. The highest BCUT2D eigenvalue weighted by Gasteiger charge is 2.16. The van der Waals surface area contributed by atoms with E-state index in [9.17, 15) is 13.6 Å². The van der Waals surface area contributed by atoms with Gasteiger partial charge in [0.15, 0.2) is 0 Å². The topological polar surface area (TPSA) is 72.7 Å². The van der Waals surface area contributed by atoms with E-state index in [0.717, 1.165) is 23.4 Å². The maximum absolute atomic E-state index is 13.8. The largest absolute Gasteiger partial charge is 0.349 e. The van der Waals surface area contributed by atoms with Gasteiger partial charge in [0.2, 0.25) is 11.1 Å². The molecule has 1 aromatic heterocycles. The fourth-order valence-corrected chi connectivity index (χ4v) is 3.26. The van der Waals surface area contributed by atoms with E-state index >= 15 is 0 Å². The Morgan fingerprint density at radius 3 is 2.78 bits per heavy atom. The van der Waals surface area contributed by atoms with Crippen LogP contribution in [0, 0.1) is 18.6 Å². The van der Waals surface area contributed by atoms with Gasteiger partial charge >= 0.3 is 0 Å². The highest BCUT2D eigenvalue weighted by atomic mass is 32.2. The maximum atomic E-state index is 13.8. The van der Waals surface area contributed by atoms with E-state index in [1.165, 1.54) is 17.8 Å². The van der Waals surface area contributed by atoms with E-state index in [1.54, 1.807) is 11.6 Å². The van der Waals surface area contributed by atoms with Crippen molar-refractivity contribution in [1.29, 1.82) is 0 Å². The van der Waals surface area contributed by atoms with Crippen molar-refractivity contribution < 1.29 is 13.6 Å². The Hall–Kier alpha value is -2.81. The van der Waals surface area contributed by atoms with Crippen molar-refractivity contribution in [3.63, 3.8) is 0 Å². The Morgan fingerprint density at radius 1 is 1.26 bits per heavy atom. The Kier molecular flexibility index (Phi) is 5.80. The molecule has 0 aliphatic rings. The zero-order valence-electron chi connectivity index (χ0n) is 14.7. The smallest absolute Gasteiger partial charge is 0.230 e. The number of rotatable bonds is 6. The number of carbonyl (C=O) groups is 1. The molecule has 0 fully saturated rings. The van der Waals surface area contributed by atoms with Crippen molar-refractivity contribution in [3.05, 3.63) is 65.2 Å². The molecule has 2 aromatic carbocycles. The molecular weight excluding hydrogens is 372 g/mol. The lowest BCUT2D eigenvalue weighted by molar-refractivity contribution is -0.119. The van der Waals surface area contributed by atoms with Gasteiger partial charge in [-0.25, -0.2) is 8.78 Å². The summed E-state index contributed by atoms with van der Waals surface area (Å²) in [6.07, 6.45) is 0. The van der Waals surface area contributed by atoms with Gasteiger partial charge in [0.25, 0.3) is 0 Å². The van der Waals surface area contributed by atoms with E-state index < -0.39 is 17.7 Å². The summed E-state index contributed by atoms with van der Waals surface area (Å²) in [6.45, 7) is 3.58. The van der Waals surface area contributed by atoms with Gasteiger partial charge in [0.05, 0.1) is 17.5 Å². The highest BCUT2D eigenvalue weighted by Crippen LogP contribution is 2.21. The molecule has 0 aliphatic carbocycles. The molecule has 9 heteroatoms. The molecular formula is C18H17F2N5OS. The first-order chi connectivity index (χ1) is 13.0. The number of nitrogens with one attached hydrogen (secondary N) is 1. The van der Waals surface area contributed by atoms with Gasteiger partial charge < -0.3 is 5.32 Å². The summed E-state index contributed by atoms with van der Waals surface area (Å²) < 4.78 is 28.4. The van der Waals surface area contributed by atoms with Crippen LogP contribution in [-0.2, 0) is 4.79 Å². The summed E-state index contributed by atoms with van der Waals surface area (Å²) in [4.78, 5) is 12.2. The monoisotopic (exact) mass is 389 g/mol. The van der Waals surface area contributed by atoms with Crippen LogP contribution in [0.15, 0.2) is 47.6 Å². The molecule has 3 aromatic rings. The lowest BCUT2D eigenvalue weighted by Gasteiger charge is -2.15. The zero-order valence-corrected chi connectivity index (χ0v) is 15.5. The summed E-state index contributed by atoms with van der Waals surface area (Å²) in [7, 11) is 0. The molecule has 0 saturated heterocycles. The quantitative estimate of drug-likeness (QED) is 0.656. The number of hydrogen-bond donors (Lipinski definition) is 1. The molecule has 3 rings (SSSR count). The summed E-state index contributed by atoms with van der Waals surface area (Å²) in [5.41, 5.74) is 2.04. The van der Waals surface area contributed by atoms with E-state index in [1.807, 2.05) is 31.2 Å². The molecule has 140 valence electrons. The summed E-state index contributed by atoms with van der Waals surface area (Å²) in [5, 5.41) is 14.8. The van der Waals surface area contributed by atoms with Crippen molar-refractivity contribution in [2.75, 3.05) is 5.75 Å². The van der Waals surface area contributed by atoms with Crippen molar-refractivity contribution in [2.45, 2.75) is 25.0 Å². The zero-order chi connectivity index (χ0) is 19.4. The summed E-state index contributed by atoms with van der Waals surface area (Å²) >= 11 is 1.17. The SMILES string of the molecule is Cc1ccccc1-n1nnnc1SCC(=O)N[C@H](C)c1ccc(F)cc1F. The second-order valence-corrected chi connectivity index (χ2v) is 6.85. The van der Waals surface area contributed by atoms with Crippen LogP contribution in [0.1, 0.15) is 24.1 Å². The Bertz CT molecular complexity index is 962. The second-order valence-electron chi connectivity index (χ2n) is 5.90. The number of tetrazole rings is 1. The lowest BCUT2D eigenvalue weighted by atomic mass is 10.1. The van der Waals surface area contributed by atoms with Gasteiger partial charge in [-0.05, 0) is 42.0 Å². The number of amides is 1. The second kappa shape index (κ2) is 8.26. The fraction of sp³-hybridized carbons (Fsp3) is 0.222. The number of benzene rings is 2. The normalized spacial score (nSPS) is 12.0. The lowest BCUT2D eigenvalue weighted by Crippen LogP contribution is -2.28. The third kappa shape index (κ3) is 4.48. The highest BCUT2D eigenvalue weighted by molar-refractivity contribution is 7.99. The van der Waals surface area contributed by atoms with E-state index in [0.29, 0.717) is 5.16 Å². The number of hydrogen-bond acceptors (Lipinski definition) is 5. The van der Waals surface area contributed by atoms with Crippen LogP contribution in [0.5, 0.6) is 0 Å². The van der Waals surface area contributed by atoms with Crippen LogP contribution in [0.4, 0.5) is 8.78 Å². The average molecular weight is 389 g/mol. The molecule has 0 spiro atoms. The molecule has 0 aliphatic heterocycles. The number of halogens is 2. The summed E-state index contributed by atoms with van der Waals surface area (Å²) in [5.74, 6) is -1.61. The van der Waals surface area contributed by atoms with Gasteiger partial charge in [0.1, 0.15) is 11.6 Å². The predicted molar refractivity (Wildman–Crippen MR) is 97.5 cm³/mol. The first-order valence-corrected chi connectivity index (χ1v) is 9.15. The van der Waals surface area contributed by atoms with Crippen LogP contribution in [0.2, 0.25) is 0 Å². The molecule has 0 radical (unpaired) electrons. The Labute approximate surface area is 159 Å². The van der Waals surface area contributed by atoms with Crippen molar-refractivity contribution in [3.8, 4) is 5.69 Å². The van der Waals surface area contributed by atoms with Gasteiger partial charge in [-0.1, -0.05) is 36.0 Å². The minimum atomic E-state index is -0.695. The Balaban J connectivity index is 1.63. The minimum Gasteiger partial charge on any atom is -0.349 e. The molecule has 6 nitrogen and oxygen atoms in total. The molecule has 1 heterocycles. The van der Waals surface area contributed by atoms with Crippen LogP contribution >= 0.6 is 11.8 Å². The van der Waals surface area contributed by atoms with Gasteiger partial charge in [-0.3, -0.25) is 4.79 Å². The summed E-state index contributed by atoms with van der Waals surface area (Å²) in [6, 6.07) is 10.3. The van der Waals surface area contributed by atoms with E-state index in [2.05, 4.69) is 20.8 Å². The molecule has 1 N–H and O–H groups in total. The molecule has 0 bridgehead atoms. The van der Waals surface area contributed by atoms with Crippen molar-refractivity contribution in [2.24, 2.45) is 0 Å². The molecule has 0 saturated carbocycles. The number of nitrogens with zero attached hydrogens (tertiary/aromatic N) is 4. The molecule has 27 heavy (non-hydrogen) atoms. The van der Waals surface area contributed by atoms with Crippen LogP contribution in [-0.4, -0.2) is 31.9 Å². The van der Waals surface area contributed by atoms with Gasteiger partial charge in [0, 0.05) is 11.6 Å². The molecule has 1 atom stereocenters. The third-order valence-electron chi connectivity index (χ3n) is 3.92. The molecule has 1 amide bonds. The number of thioether (sulfide) groups is 1. The number of carbonyl (C=O) groups excluding carboxylic acids is 1. The third-order valence-corrected chi connectivity index (χ3v) is 4.84. The van der Waals surface area contributed by atoms with E-state index in [4.69, 9.17) is 0 Å². The van der Waals surface area contributed by atoms with E-state index in [-0.39, 0.29) is 17.2 Å². The Morgan fingerprint density at radius 2 is 2.04 bits per heavy atom. The number of aryl methyl sites for hydroxylation is 1. The van der Waals surface area contributed by atoms with Crippen LogP contribution < -0.4 is 5.32 Å². The number of aromatic nitrogens is 4. The van der Waals surface area contributed by atoms with Crippen molar-refractivity contribution in [1.82, 2.24) is 25.5 Å². The minimum absolute atomic E-state index is 0.0550. The fourth-order valence-electron chi connectivity index (χ4n) is 2.56. The molecule has 0 unspecified atom stereocenters. The van der Waals surface area contributed by atoms with Crippen LogP contribution in [0.25, 0.3) is 5.69 Å². The van der Waals surface area contributed by atoms with Gasteiger partial charge in [-0.15, -0.1) is 5.10 Å². The van der Waals surface area contributed by atoms with Crippen LogP contribution in [0.3, 0.4) is 0 Å². The number of para-hydroxylation sites is 1. The van der Waals surface area contributed by atoms with Gasteiger partial charge in [-0.2, -0.15) is 4.68 Å². The average Bonchev–Trinajstić information content (AvgIpc) is 3.08. The standard InChI is InChI=1S/C18H17F2N5OS/c1-11-5-3-4-6-16(11)25-18(22-23-24-25)27-10-17(26)21-12(2)14-8-7-13(19)9-15(14)20/h3-9,12H,10H2,1-2H3,(H,21,26)/t12-/m1/s1. The predicted octanol–water partition coefficient (Wildman–Crippen LogP) is 3.22.